The van der Waals surface area contributed by atoms with E-state index >= 15 is 0 Å². The smallest absolute Gasteiger partial charge is 0.349 e. The average Bonchev–Trinajstić information content (AvgIpc) is 2.38. The van der Waals surface area contributed by atoms with Gasteiger partial charge < -0.3 is 4.74 Å². The Bertz CT molecular complexity index is 597. The molecular formula is C10H12N6O2. The van der Waals surface area contributed by atoms with E-state index in [9.17, 15) is 4.79 Å². The molecule has 0 aliphatic heterocycles. The van der Waals surface area contributed by atoms with E-state index in [0.29, 0.717) is 11.4 Å². The first-order chi connectivity index (χ1) is 8.74. The Morgan fingerprint density at radius 2 is 2.22 bits per heavy atom. The van der Waals surface area contributed by atoms with Crippen LogP contribution >= 0.6 is 0 Å². The molecule has 0 radical (unpaired) electrons. The molecule has 0 amide bonds. The van der Waals surface area contributed by atoms with Crippen molar-refractivity contribution in [1.82, 2.24) is 25.4 Å². The van der Waals surface area contributed by atoms with E-state index in [-0.39, 0.29) is 11.8 Å². The minimum atomic E-state index is -0.523. The monoisotopic (exact) mass is 248 g/mol. The number of nitrogens with zero attached hydrogens (tertiary/aromatic N) is 3. The molecule has 2 aromatic rings. The van der Waals surface area contributed by atoms with Gasteiger partial charge in [-0.1, -0.05) is 0 Å². The zero-order chi connectivity index (χ0) is 13.0. The standard InChI is InChI=1S/C10H12N6O2/c1-11-16-9-13-8(14-10(17)15-9)7-6(18-2)4-3-5-12-7/h3-5,11H,1-2H3,(H2,13,14,15,16,17). The van der Waals surface area contributed by atoms with Crippen molar-refractivity contribution >= 4 is 5.95 Å². The molecule has 0 fully saturated rings. The predicted molar refractivity (Wildman–Crippen MR) is 65.1 cm³/mol. The van der Waals surface area contributed by atoms with Gasteiger partial charge >= 0.3 is 5.69 Å². The molecule has 0 spiro atoms. The van der Waals surface area contributed by atoms with Gasteiger partial charge in [0, 0.05) is 13.2 Å². The molecule has 2 heterocycles. The molecule has 0 aliphatic rings. The summed E-state index contributed by atoms with van der Waals surface area (Å²) in [6.07, 6.45) is 1.59. The van der Waals surface area contributed by atoms with Gasteiger partial charge in [-0.15, -0.1) is 0 Å². The molecule has 0 saturated carbocycles. The van der Waals surface area contributed by atoms with Crippen LogP contribution in [0.1, 0.15) is 0 Å². The van der Waals surface area contributed by atoms with Gasteiger partial charge in [-0.25, -0.2) is 15.2 Å². The van der Waals surface area contributed by atoms with Crippen molar-refractivity contribution < 1.29 is 4.74 Å². The first-order valence-electron chi connectivity index (χ1n) is 5.15. The van der Waals surface area contributed by atoms with Crippen LogP contribution in [0.4, 0.5) is 5.95 Å². The second kappa shape index (κ2) is 5.23. The lowest BCUT2D eigenvalue weighted by atomic mass is 10.3. The van der Waals surface area contributed by atoms with Gasteiger partial charge in [-0.2, -0.15) is 9.97 Å². The summed E-state index contributed by atoms with van der Waals surface area (Å²) in [5, 5.41) is 0. The number of hydrogen-bond acceptors (Lipinski definition) is 7. The summed E-state index contributed by atoms with van der Waals surface area (Å²) in [4.78, 5) is 25.8. The Balaban J connectivity index is 2.53. The molecule has 8 heteroatoms. The van der Waals surface area contributed by atoms with Crippen molar-refractivity contribution in [1.29, 1.82) is 0 Å². The zero-order valence-corrected chi connectivity index (χ0v) is 9.89. The van der Waals surface area contributed by atoms with Crippen molar-refractivity contribution in [3.63, 3.8) is 0 Å². The molecule has 0 aliphatic carbocycles. The zero-order valence-electron chi connectivity index (χ0n) is 9.89. The molecule has 0 saturated heterocycles. The third kappa shape index (κ3) is 2.43. The van der Waals surface area contributed by atoms with Crippen LogP contribution in [0.25, 0.3) is 11.5 Å². The number of pyridine rings is 1. The Hall–Kier alpha value is -2.48. The number of aromatic nitrogens is 4. The van der Waals surface area contributed by atoms with Gasteiger partial charge in [0.2, 0.25) is 5.95 Å². The lowest BCUT2D eigenvalue weighted by molar-refractivity contribution is 0.414. The SMILES string of the molecule is CNNc1nc(-c2ncccc2OC)[nH]c(=O)n1. The predicted octanol–water partition coefficient (Wildman–Crippen LogP) is -0.218. The fraction of sp³-hybridized carbons (Fsp3) is 0.200. The van der Waals surface area contributed by atoms with Crippen molar-refractivity contribution in [2.45, 2.75) is 0 Å². The van der Waals surface area contributed by atoms with Gasteiger partial charge in [0.05, 0.1) is 7.11 Å². The second-order valence-electron chi connectivity index (χ2n) is 3.26. The highest BCUT2D eigenvalue weighted by molar-refractivity contribution is 5.59. The highest BCUT2D eigenvalue weighted by Gasteiger charge is 2.11. The highest BCUT2D eigenvalue weighted by Crippen LogP contribution is 2.23. The summed E-state index contributed by atoms with van der Waals surface area (Å²) in [6.45, 7) is 0. The molecule has 0 aromatic carbocycles. The average molecular weight is 248 g/mol. The third-order valence-corrected chi connectivity index (χ3v) is 2.10. The number of aromatic amines is 1. The van der Waals surface area contributed by atoms with Crippen molar-refractivity contribution in [3.8, 4) is 17.3 Å². The number of rotatable bonds is 4. The maximum atomic E-state index is 11.4. The van der Waals surface area contributed by atoms with E-state index in [1.807, 2.05) is 0 Å². The van der Waals surface area contributed by atoms with Crippen LogP contribution in [0.2, 0.25) is 0 Å². The molecule has 0 bridgehead atoms. The Kier molecular flexibility index (Phi) is 3.49. The quantitative estimate of drug-likeness (QED) is 0.642. The summed E-state index contributed by atoms with van der Waals surface area (Å²) in [7, 11) is 3.16. The minimum absolute atomic E-state index is 0.156. The normalized spacial score (nSPS) is 10.1. The first kappa shape index (κ1) is 12.0. The first-order valence-corrected chi connectivity index (χ1v) is 5.15. The Labute approximate surface area is 102 Å². The lowest BCUT2D eigenvalue weighted by Crippen LogP contribution is -2.23. The number of H-pyrrole nitrogens is 1. The van der Waals surface area contributed by atoms with E-state index < -0.39 is 5.69 Å². The molecule has 8 nitrogen and oxygen atoms in total. The van der Waals surface area contributed by atoms with E-state index in [0.717, 1.165) is 0 Å². The third-order valence-electron chi connectivity index (χ3n) is 2.10. The van der Waals surface area contributed by atoms with E-state index in [2.05, 4.69) is 30.8 Å². The van der Waals surface area contributed by atoms with E-state index in [1.165, 1.54) is 7.11 Å². The second-order valence-corrected chi connectivity index (χ2v) is 3.26. The van der Waals surface area contributed by atoms with Crippen LogP contribution in [0.5, 0.6) is 5.75 Å². The molecule has 18 heavy (non-hydrogen) atoms. The fourth-order valence-corrected chi connectivity index (χ4v) is 1.40. The van der Waals surface area contributed by atoms with Gasteiger partial charge in [-0.05, 0) is 12.1 Å². The summed E-state index contributed by atoms with van der Waals surface area (Å²) >= 11 is 0. The number of hydrogen-bond donors (Lipinski definition) is 3. The van der Waals surface area contributed by atoms with Crippen molar-refractivity contribution in [2.75, 3.05) is 19.6 Å². The van der Waals surface area contributed by atoms with Gasteiger partial charge in [0.15, 0.2) is 5.82 Å². The number of methoxy groups -OCH3 is 1. The summed E-state index contributed by atoms with van der Waals surface area (Å²) in [5.41, 5.74) is 5.19. The Morgan fingerprint density at radius 1 is 1.39 bits per heavy atom. The fourth-order valence-electron chi connectivity index (χ4n) is 1.40. The maximum Gasteiger partial charge on any atom is 0.349 e. The molecule has 2 rings (SSSR count). The van der Waals surface area contributed by atoms with E-state index in [1.54, 1.807) is 25.4 Å². The van der Waals surface area contributed by atoms with Crippen LogP contribution in [-0.2, 0) is 0 Å². The van der Waals surface area contributed by atoms with Crippen LogP contribution in [0.15, 0.2) is 23.1 Å². The summed E-state index contributed by atoms with van der Waals surface area (Å²) in [5.74, 6) is 0.955. The van der Waals surface area contributed by atoms with Gasteiger partial charge in [0.25, 0.3) is 0 Å². The van der Waals surface area contributed by atoms with Crippen LogP contribution < -0.4 is 21.3 Å². The van der Waals surface area contributed by atoms with Crippen LogP contribution in [0.3, 0.4) is 0 Å². The van der Waals surface area contributed by atoms with Crippen molar-refractivity contribution in [3.05, 3.63) is 28.8 Å². The molecular weight excluding hydrogens is 236 g/mol. The maximum absolute atomic E-state index is 11.4. The number of ether oxygens (including phenoxy) is 1. The lowest BCUT2D eigenvalue weighted by Gasteiger charge is -2.07. The minimum Gasteiger partial charge on any atom is -0.494 e. The highest BCUT2D eigenvalue weighted by atomic mass is 16.5. The number of anilines is 1. The van der Waals surface area contributed by atoms with Crippen LogP contribution in [0, 0.1) is 0 Å². The molecule has 0 unspecified atom stereocenters. The largest absolute Gasteiger partial charge is 0.494 e. The van der Waals surface area contributed by atoms with E-state index in [4.69, 9.17) is 4.74 Å². The molecule has 3 N–H and O–H groups in total. The number of nitrogens with one attached hydrogen (secondary N) is 3. The summed E-state index contributed by atoms with van der Waals surface area (Å²) in [6, 6.07) is 3.46. The topological polar surface area (TPSA) is 105 Å². The Morgan fingerprint density at radius 3 is 2.94 bits per heavy atom. The number of hydrazine groups is 1. The van der Waals surface area contributed by atoms with Crippen LogP contribution in [-0.4, -0.2) is 34.1 Å². The van der Waals surface area contributed by atoms with Gasteiger partial charge in [-0.3, -0.25) is 10.4 Å². The van der Waals surface area contributed by atoms with Crippen molar-refractivity contribution in [2.24, 2.45) is 0 Å². The summed E-state index contributed by atoms with van der Waals surface area (Å²) < 4.78 is 5.16. The molecule has 0 atom stereocenters. The molecule has 2 aromatic heterocycles. The molecule has 94 valence electrons. The van der Waals surface area contributed by atoms with Gasteiger partial charge in [0.1, 0.15) is 11.4 Å².